The van der Waals surface area contributed by atoms with E-state index in [-0.39, 0.29) is 0 Å². The van der Waals surface area contributed by atoms with Crippen molar-refractivity contribution >= 4 is 22.5 Å². The molecule has 1 nitrogen and oxygen atoms in total. The molecule has 0 amide bonds. The molecule has 0 saturated heterocycles. The van der Waals surface area contributed by atoms with Crippen LogP contribution >= 0.6 is 0 Å². The predicted molar refractivity (Wildman–Crippen MR) is 73.0 cm³/mol. The Balaban J connectivity index is 2.81. The molecular weight excluding hydrogens is 194 g/mol. The van der Waals surface area contributed by atoms with Crippen LogP contribution in [-0.2, 0) is 0 Å². The maximum Gasteiger partial charge on any atom is 0.0446 e. The van der Waals surface area contributed by atoms with Crippen LogP contribution in [0.5, 0.6) is 0 Å². The molecule has 16 heavy (non-hydrogen) atoms. The molecule has 0 aromatic heterocycles. The van der Waals surface area contributed by atoms with Crippen LogP contribution in [-0.4, -0.2) is 14.1 Å². The minimum atomic E-state index is 1.27. The molecule has 2 aromatic rings. The van der Waals surface area contributed by atoms with Crippen LogP contribution in [0, 0.1) is 0 Å². The van der Waals surface area contributed by atoms with E-state index in [9.17, 15) is 0 Å². The number of rotatable bonds is 2. The van der Waals surface area contributed by atoms with E-state index in [0.29, 0.717) is 0 Å². The van der Waals surface area contributed by atoms with Crippen molar-refractivity contribution in [1.29, 1.82) is 0 Å². The summed E-state index contributed by atoms with van der Waals surface area (Å²) in [7, 11) is 4.17. The van der Waals surface area contributed by atoms with E-state index in [2.05, 4.69) is 74.5 Å². The molecule has 0 spiro atoms. The average Bonchev–Trinajstić information content (AvgIpc) is 2.29. The molecule has 2 aromatic carbocycles. The number of hydrogen-bond acceptors (Lipinski definition) is 1. The van der Waals surface area contributed by atoms with Crippen LogP contribution in [0.25, 0.3) is 16.8 Å². The first-order chi connectivity index (χ1) is 7.74. The van der Waals surface area contributed by atoms with E-state index in [4.69, 9.17) is 0 Å². The van der Waals surface area contributed by atoms with Crippen LogP contribution < -0.4 is 4.90 Å². The Hall–Kier alpha value is -1.76. The largest absolute Gasteiger partial charge is 0.377 e. The summed E-state index contributed by atoms with van der Waals surface area (Å²) >= 11 is 0. The SMILES string of the molecule is C/C=C/c1cccc2cccc(N(C)C)c12. The fraction of sp³-hybridized carbons (Fsp3) is 0.200. The molecule has 0 N–H and O–H groups in total. The van der Waals surface area contributed by atoms with Crippen molar-refractivity contribution in [3.05, 3.63) is 48.0 Å². The van der Waals surface area contributed by atoms with Crippen LogP contribution in [0.2, 0.25) is 0 Å². The minimum Gasteiger partial charge on any atom is -0.377 e. The second kappa shape index (κ2) is 4.40. The van der Waals surface area contributed by atoms with Crippen molar-refractivity contribution in [1.82, 2.24) is 0 Å². The summed E-state index contributed by atoms with van der Waals surface area (Å²) in [5, 5.41) is 2.62. The molecule has 0 radical (unpaired) electrons. The smallest absolute Gasteiger partial charge is 0.0446 e. The van der Waals surface area contributed by atoms with Gasteiger partial charge in [-0.05, 0) is 23.9 Å². The van der Waals surface area contributed by atoms with Crippen molar-refractivity contribution in [3.63, 3.8) is 0 Å². The van der Waals surface area contributed by atoms with Gasteiger partial charge in [0.25, 0.3) is 0 Å². The van der Waals surface area contributed by atoms with Gasteiger partial charge in [0.05, 0.1) is 0 Å². The highest BCUT2D eigenvalue weighted by Crippen LogP contribution is 2.29. The summed E-state index contributed by atoms with van der Waals surface area (Å²) in [6.07, 6.45) is 4.25. The van der Waals surface area contributed by atoms with Gasteiger partial charge in [-0.2, -0.15) is 0 Å². The molecule has 0 saturated carbocycles. The van der Waals surface area contributed by atoms with Crippen molar-refractivity contribution in [2.24, 2.45) is 0 Å². The highest BCUT2D eigenvalue weighted by Gasteiger charge is 2.05. The van der Waals surface area contributed by atoms with Crippen LogP contribution in [0.4, 0.5) is 5.69 Å². The van der Waals surface area contributed by atoms with E-state index < -0.39 is 0 Å². The summed E-state index contributed by atoms with van der Waals surface area (Å²) in [5.41, 5.74) is 2.55. The van der Waals surface area contributed by atoms with E-state index in [1.54, 1.807) is 0 Å². The number of hydrogen-bond donors (Lipinski definition) is 0. The van der Waals surface area contributed by atoms with E-state index >= 15 is 0 Å². The minimum absolute atomic E-state index is 1.27. The first-order valence-electron chi connectivity index (χ1n) is 5.56. The van der Waals surface area contributed by atoms with E-state index in [1.165, 1.54) is 22.0 Å². The van der Waals surface area contributed by atoms with Gasteiger partial charge in [0, 0.05) is 25.2 Å². The number of fused-ring (bicyclic) bond motifs is 1. The number of allylic oxidation sites excluding steroid dienone is 1. The first kappa shape index (κ1) is 10.7. The number of nitrogens with zero attached hydrogens (tertiary/aromatic N) is 1. The Morgan fingerprint density at radius 2 is 1.69 bits per heavy atom. The molecule has 0 bridgehead atoms. The van der Waals surface area contributed by atoms with Crippen molar-refractivity contribution in [2.45, 2.75) is 6.92 Å². The maximum atomic E-state index is 2.16. The zero-order valence-electron chi connectivity index (χ0n) is 10.1. The van der Waals surface area contributed by atoms with Crippen LogP contribution in [0.15, 0.2) is 42.5 Å². The van der Waals surface area contributed by atoms with Crippen molar-refractivity contribution in [3.8, 4) is 0 Å². The summed E-state index contributed by atoms with van der Waals surface area (Å²) in [6.45, 7) is 2.05. The zero-order chi connectivity index (χ0) is 11.5. The average molecular weight is 211 g/mol. The standard InChI is InChI=1S/C15H17N/c1-4-7-12-8-5-9-13-10-6-11-14(15(12)13)16(2)3/h4-11H,1-3H3/b7-4+. The Labute approximate surface area is 97.0 Å². The Morgan fingerprint density at radius 1 is 1.00 bits per heavy atom. The highest BCUT2D eigenvalue weighted by molar-refractivity contribution is 6.00. The molecule has 1 heteroatoms. The molecule has 0 heterocycles. The molecule has 0 unspecified atom stereocenters. The third kappa shape index (κ3) is 1.81. The maximum absolute atomic E-state index is 2.16. The fourth-order valence-electron chi connectivity index (χ4n) is 2.04. The Morgan fingerprint density at radius 3 is 2.31 bits per heavy atom. The third-order valence-electron chi connectivity index (χ3n) is 2.74. The lowest BCUT2D eigenvalue weighted by atomic mass is 10.0. The number of anilines is 1. The zero-order valence-corrected chi connectivity index (χ0v) is 10.1. The normalized spacial score (nSPS) is 11.2. The lowest BCUT2D eigenvalue weighted by Gasteiger charge is -2.16. The van der Waals surface area contributed by atoms with Crippen LogP contribution in [0.3, 0.4) is 0 Å². The molecule has 2 rings (SSSR count). The molecule has 0 aliphatic heterocycles. The van der Waals surface area contributed by atoms with Crippen LogP contribution in [0.1, 0.15) is 12.5 Å². The van der Waals surface area contributed by atoms with Gasteiger partial charge in [-0.1, -0.05) is 42.5 Å². The molecule has 0 aliphatic carbocycles. The molecule has 0 atom stereocenters. The summed E-state index contributed by atoms with van der Waals surface area (Å²) in [5.74, 6) is 0. The van der Waals surface area contributed by atoms with Gasteiger partial charge in [-0.3, -0.25) is 0 Å². The van der Waals surface area contributed by atoms with Gasteiger partial charge < -0.3 is 4.90 Å². The van der Waals surface area contributed by atoms with Crippen molar-refractivity contribution < 1.29 is 0 Å². The lowest BCUT2D eigenvalue weighted by molar-refractivity contribution is 1.14. The van der Waals surface area contributed by atoms with Gasteiger partial charge in [-0.15, -0.1) is 0 Å². The van der Waals surface area contributed by atoms with E-state index in [0.717, 1.165) is 0 Å². The van der Waals surface area contributed by atoms with Gasteiger partial charge in [0.1, 0.15) is 0 Å². The Bertz CT molecular complexity index is 519. The molecule has 0 aliphatic rings. The molecular formula is C15H17N. The lowest BCUT2D eigenvalue weighted by Crippen LogP contribution is -2.09. The number of benzene rings is 2. The van der Waals surface area contributed by atoms with Crippen molar-refractivity contribution in [2.75, 3.05) is 19.0 Å². The molecule has 0 fully saturated rings. The second-order valence-electron chi connectivity index (χ2n) is 4.12. The summed E-state index contributed by atoms with van der Waals surface area (Å²) < 4.78 is 0. The highest BCUT2D eigenvalue weighted by atomic mass is 15.1. The van der Waals surface area contributed by atoms with E-state index in [1.807, 2.05) is 0 Å². The monoisotopic (exact) mass is 211 g/mol. The van der Waals surface area contributed by atoms with Gasteiger partial charge in [0.15, 0.2) is 0 Å². The Kier molecular flexibility index (Phi) is 2.95. The molecule has 82 valence electrons. The van der Waals surface area contributed by atoms with Gasteiger partial charge in [0.2, 0.25) is 0 Å². The van der Waals surface area contributed by atoms with Gasteiger partial charge in [-0.25, -0.2) is 0 Å². The third-order valence-corrected chi connectivity index (χ3v) is 2.74. The second-order valence-corrected chi connectivity index (χ2v) is 4.12. The summed E-state index contributed by atoms with van der Waals surface area (Å²) in [4.78, 5) is 2.16. The summed E-state index contributed by atoms with van der Waals surface area (Å²) in [6, 6.07) is 12.9. The fourth-order valence-corrected chi connectivity index (χ4v) is 2.04. The van der Waals surface area contributed by atoms with Gasteiger partial charge >= 0.3 is 0 Å². The predicted octanol–water partition coefficient (Wildman–Crippen LogP) is 3.94. The first-order valence-corrected chi connectivity index (χ1v) is 5.56. The topological polar surface area (TPSA) is 3.24 Å². The quantitative estimate of drug-likeness (QED) is 0.727.